The average Bonchev–Trinajstić information content (AvgIpc) is 2.74. The Bertz CT molecular complexity index is 869. The molecule has 1 aliphatic carbocycles. The summed E-state index contributed by atoms with van der Waals surface area (Å²) >= 11 is 1.73. The Kier molecular flexibility index (Phi) is 9.88. The number of nitrogens with one attached hydrogen (secondary N) is 1. The SMILES string of the molecule is CCOC(=O)CC(C)CC1C(C)C(C)C1S/C(C)=C/C(C)C(=O)Nc1cc(F)c(F)c(F)c1. The minimum absolute atomic E-state index is 0.126. The van der Waals surface area contributed by atoms with Gasteiger partial charge < -0.3 is 10.1 Å². The van der Waals surface area contributed by atoms with Gasteiger partial charge in [0.05, 0.1) is 12.5 Å². The lowest BCUT2D eigenvalue weighted by atomic mass is 9.63. The first kappa shape index (κ1) is 27.3. The first-order valence-electron chi connectivity index (χ1n) is 11.4. The van der Waals surface area contributed by atoms with Crippen LogP contribution in [0.15, 0.2) is 23.1 Å². The van der Waals surface area contributed by atoms with Gasteiger partial charge in [0.1, 0.15) is 0 Å². The topological polar surface area (TPSA) is 55.4 Å². The maximum atomic E-state index is 13.4. The third-order valence-corrected chi connectivity index (χ3v) is 7.97. The molecule has 0 saturated heterocycles. The quantitative estimate of drug-likeness (QED) is 0.301. The van der Waals surface area contributed by atoms with Gasteiger partial charge in [0.25, 0.3) is 0 Å². The van der Waals surface area contributed by atoms with Crippen LogP contribution in [0.4, 0.5) is 18.9 Å². The molecule has 1 fully saturated rings. The molecule has 1 aromatic carbocycles. The fourth-order valence-corrected chi connectivity index (χ4v) is 6.10. The molecule has 4 nitrogen and oxygen atoms in total. The summed E-state index contributed by atoms with van der Waals surface area (Å²) in [6, 6.07) is 1.52. The van der Waals surface area contributed by atoms with Gasteiger partial charge in [0.2, 0.25) is 5.91 Å². The number of amides is 1. The van der Waals surface area contributed by atoms with Gasteiger partial charge in [-0.15, -0.1) is 11.8 Å². The van der Waals surface area contributed by atoms with Crippen molar-refractivity contribution in [3.63, 3.8) is 0 Å². The molecule has 2 rings (SSSR count). The Hall–Kier alpha value is -1.96. The number of thioether (sulfide) groups is 1. The molecule has 1 N–H and O–H groups in total. The Balaban J connectivity index is 1.95. The summed E-state index contributed by atoms with van der Waals surface area (Å²) in [6.45, 7) is 12.4. The van der Waals surface area contributed by atoms with E-state index < -0.39 is 29.3 Å². The van der Waals surface area contributed by atoms with Crippen molar-refractivity contribution in [1.82, 2.24) is 0 Å². The van der Waals surface area contributed by atoms with E-state index in [0.29, 0.717) is 36.0 Å². The van der Waals surface area contributed by atoms with Gasteiger partial charge in [-0.3, -0.25) is 9.59 Å². The van der Waals surface area contributed by atoms with Crippen LogP contribution in [0.1, 0.15) is 54.4 Å². The standard InChI is InChI=1S/C25H34F3NO3S/c1-7-32-22(30)9-13(2)8-19-16(5)17(6)24(19)33-15(4)10-14(3)25(31)29-18-11-20(26)23(28)21(27)12-18/h10-14,16-17,19,24H,7-9H2,1-6H3,(H,29,31)/b15-10+. The van der Waals surface area contributed by atoms with Gasteiger partial charge in [-0.25, -0.2) is 13.2 Å². The number of benzene rings is 1. The molecule has 1 amide bonds. The number of esters is 1. The highest BCUT2D eigenvalue weighted by molar-refractivity contribution is 8.03. The van der Waals surface area contributed by atoms with Gasteiger partial charge in [0.15, 0.2) is 17.5 Å². The van der Waals surface area contributed by atoms with Crippen LogP contribution < -0.4 is 5.32 Å². The van der Waals surface area contributed by atoms with Crippen molar-refractivity contribution in [2.24, 2.45) is 29.6 Å². The summed E-state index contributed by atoms with van der Waals surface area (Å²) in [4.78, 5) is 25.2. The van der Waals surface area contributed by atoms with Crippen molar-refractivity contribution in [3.8, 4) is 0 Å². The summed E-state index contributed by atoms with van der Waals surface area (Å²) in [6.07, 6.45) is 3.18. The molecule has 6 atom stereocenters. The average molecular weight is 486 g/mol. The van der Waals surface area contributed by atoms with E-state index in [-0.39, 0.29) is 17.6 Å². The van der Waals surface area contributed by atoms with Gasteiger partial charge in [-0.2, -0.15) is 0 Å². The van der Waals surface area contributed by atoms with Gasteiger partial charge in [0, 0.05) is 29.5 Å². The molecule has 0 aromatic heterocycles. The lowest BCUT2D eigenvalue weighted by Gasteiger charge is -2.50. The van der Waals surface area contributed by atoms with Gasteiger partial charge in [-0.05, 0) is 48.8 Å². The minimum Gasteiger partial charge on any atom is -0.466 e. The maximum absolute atomic E-state index is 13.4. The van der Waals surface area contributed by atoms with Crippen LogP contribution >= 0.6 is 11.8 Å². The van der Waals surface area contributed by atoms with E-state index in [1.807, 2.05) is 13.0 Å². The zero-order valence-electron chi connectivity index (χ0n) is 20.1. The number of rotatable bonds is 10. The fraction of sp³-hybridized carbons (Fsp3) is 0.600. The predicted octanol–water partition coefficient (Wildman–Crippen LogP) is 6.57. The molecular formula is C25H34F3NO3S. The normalized spacial score (nSPS) is 24.6. The van der Waals surface area contributed by atoms with Crippen molar-refractivity contribution in [1.29, 1.82) is 0 Å². The number of halogens is 3. The van der Waals surface area contributed by atoms with Crippen LogP contribution in [0.2, 0.25) is 0 Å². The number of anilines is 1. The summed E-state index contributed by atoms with van der Waals surface area (Å²) in [5.74, 6) is -3.65. The second kappa shape index (κ2) is 12.0. The highest BCUT2D eigenvalue weighted by atomic mass is 32.2. The van der Waals surface area contributed by atoms with Crippen molar-refractivity contribution in [2.75, 3.05) is 11.9 Å². The van der Waals surface area contributed by atoms with Gasteiger partial charge in [-0.1, -0.05) is 33.8 Å². The molecule has 0 spiro atoms. The molecule has 0 heterocycles. The Labute approximate surface area is 198 Å². The molecule has 33 heavy (non-hydrogen) atoms. The third-order valence-electron chi connectivity index (χ3n) is 6.41. The van der Waals surface area contributed by atoms with Gasteiger partial charge >= 0.3 is 5.97 Å². The highest BCUT2D eigenvalue weighted by Gasteiger charge is 2.45. The molecule has 6 unspecified atom stereocenters. The Morgan fingerprint density at radius 3 is 2.33 bits per heavy atom. The third kappa shape index (κ3) is 7.26. The molecule has 0 radical (unpaired) electrons. The first-order valence-corrected chi connectivity index (χ1v) is 12.3. The van der Waals surface area contributed by atoms with E-state index in [4.69, 9.17) is 4.74 Å². The summed E-state index contributed by atoms with van der Waals surface area (Å²) < 4.78 is 44.9. The Morgan fingerprint density at radius 1 is 1.15 bits per heavy atom. The van der Waals surface area contributed by atoms with Crippen LogP contribution in [0.5, 0.6) is 0 Å². The number of hydrogen-bond acceptors (Lipinski definition) is 4. The largest absolute Gasteiger partial charge is 0.466 e. The lowest BCUT2D eigenvalue weighted by molar-refractivity contribution is -0.144. The van der Waals surface area contributed by atoms with Crippen molar-refractivity contribution < 1.29 is 27.5 Å². The molecule has 0 bridgehead atoms. The molecular weight excluding hydrogens is 451 g/mol. The van der Waals surface area contributed by atoms with E-state index in [1.165, 1.54) is 0 Å². The van der Waals surface area contributed by atoms with Crippen molar-refractivity contribution in [2.45, 2.75) is 59.6 Å². The lowest BCUT2D eigenvalue weighted by Crippen LogP contribution is -2.47. The maximum Gasteiger partial charge on any atom is 0.306 e. The van der Waals surface area contributed by atoms with E-state index in [9.17, 15) is 22.8 Å². The molecule has 1 saturated carbocycles. The molecule has 1 aliphatic rings. The van der Waals surface area contributed by atoms with Crippen LogP contribution in [0.3, 0.4) is 0 Å². The monoisotopic (exact) mass is 485 g/mol. The zero-order chi connectivity index (χ0) is 24.9. The first-order chi connectivity index (χ1) is 15.4. The van der Waals surface area contributed by atoms with Crippen LogP contribution in [-0.4, -0.2) is 23.7 Å². The smallest absolute Gasteiger partial charge is 0.306 e. The summed E-state index contributed by atoms with van der Waals surface area (Å²) in [7, 11) is 0. The van der Waals surface area contributed by atoms with E-state index in [1.54, 1.807) is 25.6 Å². The minimum atomic E-state index is -1.57. The molecule has 1 aromatic rings. The van der Waals surface area contributed by atoms with E-state index in [0.717, 1.165) is 23.5 Å². The highest BCUT2D eigenvalue weighted by Crippen LogP contribution is 2.52. The summed E-state index contributed by atoms with van der Waals surface area (Å²) in [5, 5.41) is 2.82. The Morgan fingerprint density at radius 2 is 1.76 bits per heavy atom. The second-order valence-electron chi connectivity index (χ2n) is 9.12. The summed E-state index contributed by atoms with van der Waals surface area (Å²) in [5.41, 5.74) is -0.126. The number of hydrogen-bond donors (Lipinski definition) is 1. The molecule has 0 aliphatic heterocycles. The number of allylic oxidation sites excluding steroid dienone is 1. The van der Waals surface area contributed by atoms with Crippen LogP contribution in [0, 0.1) is 47.0 Å². The van der Waals surface area contributed by atoms with Crippen LogP contribution in [-0.2, 0) is 14.3 Å². The molecule has 8 heteroatoms. The molecule has 184 valence electrons. The van der Waals surface area contributed by atoms with Crippen molar-refractivity contribution >= 4 is 29.3 Å². The number of ether oxygens (including phenoxy) is 1. The number of carbonyl (C=O) groups excluding carboxylic acids is 2. The second-order valence-corrected chi connectivity index (χ2v) is 10.5. The number of carbonyl (C=O) groups is 2. The zero-order valence-corrected chi connectivity index (χ0v) is 20.9. The van der Waals surface area contributed by atoms with Crippen LogP contribution in [0.25, 0.3) is 0 Å². The van der Waals surface area contributed by atoms with Crippen molar-refractivity contribution in [3.05, 3.63) is 40.6 Å². The predicted molar refractivity (Wildman–Crippen MR) is 126 cm³/mol. The fourth-order valence-electron chi connectivity index (χ4n) is 4.39. The van der Waals surface area contributed by atoms with E-state index in [2.05, 4.69) is 26.1 Å². The van der Waals surface area contributed by atoms with E-state index >= 15 is 0 Å².